The molecule has 3 atom stereocenters. The van der Waals surface area contributed by atoms with E-state index in [4.69, 9.17) is 5.73 Å². The van der Waals surface area contributed by atoms with E-state index < -0.39 is 11.9 Å². The molecule has 0 amide bonds. The standard InChI is InChI=1S/C18H26N6O2/c1-2-4-15(18(25)26)16(17-20-22-23-21-17)10-12-5-3-6-14(9-12)24-8-7-13(19)11-24/h3,5-6,9,13,15-16H,2,4,7-8,10-11,19H2,1H3,(H,25,26)(H,20,21,22,23)/t13-,15+,16+/m1/s1. The number of carboxylic acid groups (broad SMARTS) is 1. The van der Waals surface area contributed by atoms with Crippen LogP contribution in [0.3, 0.4) is 0 Å². The molecule has 1 aliphatic heterocycles. The van der Waals surface area contributed by atoms with Crippen LogP contribution in [0.25, 0.3) is 0 Å². The summed E-state index contributed by atoms with van der Waals surface area (Å²) in [6.45, 7) is 3.79. The van der Waals surface area contributed by atoms with Crippen molar-refractivity contribution in [1.29, 1.82) is 0 Å². The van der Waals surface area contributed by atoms with Gasteiger partial charge in [0.05, 0.1) is 5.92 Å². The fourth-order valence-electron chi connectivity index (χ4n) is 3.70. The van der Waals surface area contributed by atoms with E-state index in [2.05, 4.69) is 37.7 Å². The van der Waals surface area contributed by atoms with Crippen molar-refractivity contribution in [3.05, 3.63) is 35.7 Å². The van der Waals surface area contributed by atoms with Gasteiger partial charge in [0, 0.05) is 30.7 Å². The normalized spacial score (nSPS) is 19.5. The van der Waals surface area contributed by atoms with Crippen molar-refractivity contribution < 1.29 is 9.90 Å². The first-order chi connectivity index (χ1) is 12.6. The number of hydrogen-bond donors (Lipinski definition) is 3. The number of aromatic amines is 1. The van der Waals surface area contributed by atoms with Gasteiger partial charge in [-0.1, -0.05) is 30.7 Å². The molecule has 8 nitrogen and oxygen atoms in total. The van der Waals surface area contributed by atoms with Crippen LogP contribution >= 0.6 is 0 Å². The summed E-state index contributed by atoms with van der Waals surface area (Å²) in [5, 5.41) is 23.9. The van der Waals surface area contributed by atoms with Gasteiger partial charge >= 0.3 is 5.97 Å². The summed E-state index contributed by atoms with van der Waals surface area (Å²) >= 11 is 0. The van der Waals surface area contributed by atoms with E-state index >= 15 is 0 Å². The molecule has 26 heavy (non-hydrogen) atoms. The number of carbonyl (C=O) groups is 1. The van der Waals surface area contributed by atoms with Crippen LogP contribution in [-0.4, -0.2) is 50.8 Å². The Kier molecular flexibility index (Phi) is 5.82. The monoisotopic (exact) mass is 358 g/mol. The zero-order valence-corrected chi connectivity index (χ0v) is 15.0. The third-order valence-electron chi connectivity index (χ3n) is 5.05. The highest BCUT2D eigenvalue weighted by atomic mass is 16.4. The summed E-state index contributed by atoms with van der Waals surface area (Å²) in [6, 6.07) is 8.45. The first-order valence-electron chi connectivity index (χ1n) is 9.14. The molecule has 0 spiro atoms. The Morgan fingerprint density at radius 3 is 2.96 bits per heavy atom. The van der Waals surface area contributed by atoms with E-state index in [0.717, 1.165) is 37.2 Å². The Morgan fingerprint density at radius 2 is 2.35 bits per heavy atom. The summed E-state index contributed by atoms with van der Waals surface area (Å²) in [5.74, 6) is -1.22. The van der Waals surface area contributed by atoms with Gasteiger partial charge in [0.2, 0.25) is 0 Å². The van der Waals surface area contributed by atoms with E-state index in [1.165, 1.54) is 0 Å². The summed E-state index contributed by atoms with van der Waals surface area (Å²) in [6.07, 6.45) is 2.92. The molecule has 0 bridgehead atoms. The number of H-pyrrole nitrogens is 1. The van der Waals surface area contributed by atoms with Crippen LogP contribution in [0.2, 0.25) is 0 Å². The number of anilines is 1. The fraction of sp³-hybridized carbons (Fsp3) is 0.556. The van der Waals surface area contributed by atoms with Gasteiger partial charge in [-0.2, -0.15) is 5.21 Å². The Labute approximate surface area is 152 Å². The first kappa shape index (κ1) is 18.3. The SMILES string of the molecule is CCC[C@H](C(=O)O)[C@H](Cc1cccc(N2CC[C@@H](N)C2)c1)c1nn[nH]n1. The fourth-order valence-corrected chi connectivity index (χ4v) is 3.70. The lowest BCUT2D eigenvalue weighted by Gasteiger charge is -2.23. The van der Waals surface area contributed by atoms with Gasteiger partial charge in [0.1, 0.15) is 0 Å². The van der Waals surface area contributed by atoms with Crippen LogP contribution < -0.4 is 10.6 Å². The zero-order chi connectivity index (χ0) is 18.5. The van der Waals surface area contributed by atoms with Gasteiger partial charge in [0.25, 0.3) is 0 Å². The molecule has 1 saturated heterocycles. The largest absolute Gasteiger partial charge is 0.481 e. The van der Waals surface area contributed by atoms with Crippen molar-refractivity contribution in [3.63, 3.8) is 0 Å². The highest BCUT2D eigenvalue weighted by Gasteiger charge is 2.32. The maximum absolute atomic E-state index is 11.8. The summed E-state index contributed by atoms with van der Waals surface area (Å²) in [7, 11) is 0. The minimum atomic E-state index is -0.816. The lowest BCUT2D eigenvalue weighted by atomic mass is 9.83. The molecule has 0 saturated carbocycles. The predicted molar refractivity (Wildman–Crippen MR) is 97.9 cm³/mol. The average Bonchev–Trinajstić information content (AvgIpc) is 3.30. The van der Waals surface area contributed by atoms with Gasteiger partial charge in [0.15, 0.2) is 5.82 Å². The molecular formula is C18H26N6O2. The van der Waals surface area contributed by atoms with Crippen molar-refractivity contribution in [2.24, 2.45) is 11.7 Å². The van der Waals surface area contributed by atoms with Crippen molar-refractivity contribution in [1.82, 2.24) is 20.6 Å². The van der Waals surface area contributed by atoms with E-state index in [1.807, 2.05) is 19.1 Å². The number of tetrazole rings is 1. The maximum atomic E-state index is 11.8. The van der Waals surface area contributed by atoms with E-state index in [0.29, 0.717) is 18.7 Å². The second kappa shape index (κ2) is 8.27. The molecule has 4 N–H and O–H groups in total. The number of carboxylic acids is 1. The topological polar surface area (TPSA) is 121 Å². The second-order valence-corrected chi connectivity index (χ2v) is 6.98. The second-order valence-electron chi connectivity index (χ2n) is 6.98. The first-order valence-corrected chi connectivity index (χ1v) is 9.14. The predicted octanol–water partition coefficient (Wildman–Crippen LogP) is 1.56. The van der Waals surface area contributed by atoms with E-state index in [1.54, 1.807) is 0 Å². The molecule has 2 heterocycles. The molecule has 8 heteroatoms. The Balaban J connectivity index is 1.84. The van der Waals surface area contributed by atoms with Crippen LogP contribution in [0.1, 0.15) is 43.5 Å². The number of hydrogen-bond acceptors (Lipinski definition) is 6. The lowest BCUT2D eigenvalue weighted by molar-refractivity contribution is -0.142. The van der Waals surface area contributed by atoms with Crippen LogP contribution in [0.5, 0.6) is 0 Å². The number of aromatic nitrogens is 4. The maximum Gasteiger partial charge on any atom is 0.307 e. The third kappa shape index (κ3) is 4.19. The number of nitrogens with one attached hydrogen (secondary N) is 1. The molecule has 0 aliphatic carbocycles. The minimum Gasteiger partial charge on any atom is -0.481 e. The molecular weight excluding hydrogens is 332 g/mol. The van der Waals surface area contributed by atoms with Crippen molar-refractivity contribution in [3.8, 4) is 0 Å². The van der Waals surface area contributed by atoms with Crippen LogP contribution in [0.15, 0.2) is 24.3 Å². The number of nitrogens with zero attached hydrogens (tertiary/aromatic N) is 4. The summed E-state index contributed by atoms with van der Waals surface area (Å²) in [5.41, 5.74) is 8.22. The van der Waals surface area contributed by atoms with E-state index in [-0.39, 0.29) is 12.0 Å². The van der Waals surface area contributed by atoms with Crippen molar-refractivity contribution in [2.45, 2.75) is 44.6 Å². The minimum absolute atomic E-state index is 0.215. The molecule has 1 aromatic heterocycles. The summed E-state index contributed by atoms with van der Waals surface area (Å²) < 4.78 is 0. The average molecular weight is 358 g/mol. The van der Waals surface area contributed by atoms with Gasteiger partial charge < -0.3 is 15.7 Å². The van der Waals surface area contributed by atoms with Gasteiger partial charge in [-0.05, 0) is 37.0 Å². The third-order valence-corrected chi connectivity index (χ3v) is 5.05. The Morgan fingerprint density at radius 1 is 1.50 bits per heavy atom. The highest BCUT2D eigenvalue weighted by molar-refractivity contribution is 5.71. The molecule has 1 fully saturated rings. The molecule has 3 rings (SSSR count). The Bertz CT molecular complexity index is 720. The quantitative estimate of drug-likeness (QED) is 0.655. The van der Waals surface area contributed by atoms with Crippen LogP contribution in [0, 0.1) is 5.92 Å². The number of aliphatic carboxylic acids is 1. The van der Waals surface area contributed by atoms with Crippen molar-refractivity contribution >= 4 is 11.7 Å². The molecule has 2 aromatic rings. The van der Waals surface area contributed by atoms with Gasteiger partial charge in [-0.25, -0.2) is 0 Å². The zero-order valence-electron chi connectivity index (χ0n) is 15.0. The van der Waals surface area contributed by atoms with Gasteiger partial charge in [-0.15, -0.1) is 10.2 Å². The molecule has 0 unspecified atom stereocenters. The highest BCUT2D eigenvalue weighted by Crippen LogP contribution is 2.31. The molecule has 0 radical (unpaired) electrons. The van der Waals surface area contributed by atoms with E-state index in [9.17, 15) is 9.90 Å². The number of rotatable bonds is 8. The molecule has 1 aromatic carbocycles. The molecule has 140 valence electrons. The summed E-state index contributed by atoms with van der Waals surface area (Å²) in [4.78, 5) is 14.1. The van der Waals surface area contributed by atoms with Crippen molar-refractivity contribution in [2.75, 3.05) is 18.0 Å². The molecule has 1 aliphatic rings. The lowest BCUT2D eigenvalue weighted by Crippen LogP contribution is -2.26. The van der Waals surface area contributed by atoms with Crippen LogP contribution in [0.4, 0.5) is 5.69 Å². The van der Waals surface area contributed by atoms with Crippen LogP contribution in [-0.2, 0) is 11.2 Å². The number of benzene rings is 1. The van der Waals surface area contributed by atoms with Gasteiger partial charge in [-0.3, -0.25) is 4.79 Å². The Hall–Kier alpha value is -2.48. The number of nitrogens with two attached hydrogens (primary N) is 1. The smallest absolute Gasteiger partial charge is 0.307 e.